The summed E-state index contributed by atoms with van der Waals surface area (Å²) >= 11 is 1.75. The summed E-state index contributed by atoms with van der Waals surface area (Å²) in [5.41, 5.74) is 1.98. The first-order valence-corrected chi connectivity index (χ1v) is 10.6. The molecule has 0 N–H and O–H groups in total. The standard InChI is InChI=1S/C23H24N2O2S/c1-2-27-20-11-5-3-8-17(20)13-14-22(26)25-15-7-9-18(16-25)23-24-19-10-4-6-12-21(19)28-23/h3-6,8,10-14,18H,2,7,9,15-16H2,1H3/b14-13+/t18-/m1/s1. The maximum absolute atomic E-state index is 12.8. The van der Waals surface area contributed by atoms with Crippen molar-refractivity contribution in [2.24, 2.45) is 0 Å². The fraction of sp³-hybridized carbons (Fsp3) is 0.304. The van der Waals surface area contributed by atoms with Crippen molar-refractivity contribution in [2.75, 3.05) is 19.7 Å². The summed E-state index contributed by atoms with van der Waals surface area (Å²) in [6.07, 6.45) is 5.61. The maximum atomic E-state index is 12.8. The van der Waals surface area contributed by atoms with Gasteiger partial charge in [-0.25, -0.2) is 4.98 Å². The molecule has 0 unspecified atom stereocenters. The number of para-hydroxylation sites is 2. The van der Waals surface area contributed by atoms with E-state index in [0.29, 0.717) is 12.5 Å². The quantitative estimate of drug-likeness (QED) is 0.566. The Kier molecular flexibility index (Phi) is 5.72. The fourth-order valence-electron chi connectivity index (χ4n) is 3.62. The number of benzene rings is 2. The maximum Gasteiger partial charge on any atom is 0.246 e. The molecule has 2 heterocycles. The third-order valence-corrected chi connectivity index (χ3v) is 6.22. The number of hydrogen-bond acceptors (Lipinski definition) is 4. The van der Waals surface area contributed by atoms with Gasteiger partial charge in [0, 0.05) is 30.6 Å². The number of carbonyl (C=O) groups excluding carboxylic acids is 1. The molecule has 1 fully saturated rings. The lowest BCUT2D eigenvalue weighted by molar-refractivity contribution is -0.127. The molecule has 1 saturated heterocycles. The zero-order valence-corrected chi connectivity index (χ0v) is 16.8. The topological polar surface area (TPSA) is 42.4 Å². The van der Waals surface area contributed by atoms with E-state index in [1.807, 2.05) is 54.3 Å². The lowest BCUT2D eigenvalue weighted by Crippen LogP contribution is -2.38. The van der Waals surface area contributed by atoms with Crippen LogP contribution in [0.25, 0.3) is 16.3 Å². The lowest BCUT2D eigenvalue weighted by atomic mass is 9.98. The molecule has 1 amide bonds. The molecule has 2 aromatic carbocycles. The number of ether oxygens (including phenoxy) is 1. The highest BCUT2D eigenvalue weighted by atomic mass is 32.1. The van der Waals surface area contributed by atoms with E-state index in [4.69, 9.17) is 9.72 Å². The van der Waals surface area contributed by atoms with Gasteiger partial charge >= 0.3 is 0 Å². The monoisotopic (exact) mass is 392 g/mol. The Balaban J connectivity index is 1.46. The van der Waals surface area contributed by atoms with Gasteiger partial charge in [0.05, 0.1) is 21.8 Å². The molecule has 4 rings (SSSR count). The second-order valence-electron chi connectivity index (χ2n) is 6.95. The predicted octanol–water partition coefficient (Wildman–Crippen LogP) is 5.11. The van der Waals surface area contributed by atoms with Crippen molar-refractivity contribution < 1.29 is 9.53 Å². The smallest absolute Gasteiger partial charge is 0.246 e. The summed E-state index contributed by atoms with van der Waals surface area (Å²) < 4.78 is 6.85. The molecule has 0 bridgehead atoms. The Hall–Kier alpha value is -2.66. The second-order valence-corrected chi connectivity index (χ2v) is 8.01. The molecule has 1 aliphatic heterocycles. The third kappa shape index (κ3) is 4.09. The molecule has 1 aliphatic rings. The molecule has 28 heavy (non-hydrogen) atoms. The molecular weight excluding hydrogens is 368 g/mol. The minimum Gasteiger partial charge on any atom is -0.493 e. The second kappa shape index (κ2) is 8.57. The summed E-state index contributed by atoms with van der Waals surface area (Å²) in [5, 5.41) is 1.14. The molecular formula is C23H24N2O2S. The summed E-state index contributed by atoms with van der Waals surface area (Å²) in [7, 11) is 0. The number of likely N-dealkylation sites (tertiary alicyclic amines) is 1. The molecule has 3 aromatic rings. The van der Waals surface area contributed by atoms with Crippen molar-refractivity contribution in [3.63, 3.8) is 0 Å². The number of carbonyl (C=O) groups is 1. The van der Waals surface area contributed by atoms with Crippen LogP contribution in [0.15, 0.2) is 54.6 Å². The van der Waals surface area contributed by atoms with Gasteiger partial charge in [-0.15, -0.1) is 11.3 Å². The number of hydrogen-bond donors (Lipinski definition) is 0. The van der Waals surface area contributed by atoms with Gasteiger partial charge < -0.3 is 9.64 Å². The molecule has 5 heteroatoms. The zero-order valence-electron chi connectivity index (χ0n) is 16.0. The van der Waals surface area contributed by atoms with Gasteiger partial charge in [0.15, 0.2) is 0 Å². The molecule has 1 atom stereocenters. The Bertz CT molecular complexity index is 962. The Morgan fingerprint density at radius 1 is 1.25 bits per heavy atom. The molecule has 0 spiro atoms. The van der Waals surface area contributed by atoms with E-state index in [1.165, 1.54) is 4.70 Å². The summed E-state index contributed by atoms with van der Waals surface area (Å²) in [6, 6.07) is 16.0. The van der Waals surface area contributed by atoms with Crippen LogP contribution >= 0.6 is 11.3 Å². The lowest BCUT2D eigenvalue weighted by Gasteiger charge is -2.31. The predicted molar refractivity (Wildman–Crippen MR) is 115 cm³/mol. The number of fused-ring (bicyclic) bond motifs is 1. The van der Waals surface area contributed by atoms with Gasteiger partial charge in [0.2, 0.25) is 5.91 Å². The first-order chi connectivity index (χ1) is 13.7. The fourth-order valence-corrected chi connectivity index (χ4v) is 4.71. The van der Waals surface area contributed by atoms with E-state index in [0.717, 1.165) is 47.8 Å². The van der Waals surface area contributed by atoms with Crippen LogP contribution in [0.4, 0.5) is 0 Å². The highest BCUT2D eigenvalue weighted by Gasteiger charge is 2.26. The summed E-state index contributed by atoms with van der Waals surface area (Å²) in [5.74, 6) is 1.18. The van der Waals surface area contributed by atoms with Crippen LogP contribution in [0.3, 0.4) is 0 Å². The van der Waals surface area contributed by atoms with Gasteiger partial charge in [-0.2, -0.15) is 0 Å². The van der Waals surface area contributed by atoms with Crippen LogP contribution in [-0.2, 0) is 4.79 Å². The Morgan fingerprint density at radius 2 is 2.07 bits per heavy atom. The minimum absolute atomic E-state index is 0.0529. The van der Waals surface area contributed by atoms with Crippen molar-refractivity contribution in [1.29, 1.82) is 0 Å². The Labute approximate surface area is 169 Å². The highest BCUT2D eigenvalue weighted by Crippen LogP contribution is 2.33. The van der Waals surface area contributed by atoms with E-state index in [9.17, 15) is 4.79 Å². The molecule has 0 radical (unpaired) electrons. The Morgan fingerprint density at radius 3 is 2.93 bits per heavy atom. The first-order valence-electron chi connectivity index (χ1n) is 9.79. The normalized spacial score (nSPS) is 17.3. The average molecular weight is 393 g/mol. The number of piperidine rings is 1. The van der Waals surface area contributed by atoms with Crippen molar-refractivity contribution in [3.05, 3.63) is 65.2 Å². The average Bonchev–Trinajstić information content (AvgIpc) is 3.18. The van der Waals surface area contributed by atoms with E-state index in [2.05, 4.69) is 12.1 Å². The van der Waals surface area contributed by atoms with Crippen molar-refractivity contribution in [3.8, 4) is 5.75 Å². The van der Waals surface area contributed by atoms with Gasteiger partial charge in [-0.1, -0.05) is 30.3 Å². The first kappa shape index (κ1) is 18.7. The molecule has 4 nitrogen and oxygen atoms in total. The van der Waals surface area contributed by atoms with Crippen LogP contribution in [0.5, 0.6) is 5.75 Å². The number of amides is 1. The molecule has 1 aromatic heterocycles. The third-order valence-electron chi connectivity index (χ3n) is 5.02. The van der Waals surface area contributed by atoms with E-state index < -0.39 is 0 Å². The molecule has 0 aliphatic carbocycles. The SMILES string of the molecule is CCOc1ccccc1/C=C/C(=O)N1CCC[C@@H](c2nc3ccccc3s2)C1. The van der Waals surface area contributed by atoms with Crippen LogP contribution < -0.4 is 4.74 Å². The largest absolute Gasteiger partial charge is 0.493 e. The van der Waals surface area contributed by atoms with Crippen molar-refractivity contribution >= 4 is 33.5 Å². The van der Waals surface area contributed by atoms with E-state index in [1.54, 1.807) is 17.4 Å². The molecule has 0 saturated carbocycles. The van der Waals surface area contributed by atoms with E-state index >= 15 is 0 Å². The van der Waals surface area contributed by atoms with Crippen LogP contribution in [0, 0.1) is 0 Å². The van der Waals surface area contributed by atoms with Crippen LogP contribution in [-0.4, -0.2) is 35.5 Å². The van der Waals surface area contributed by atoms with Crippen LogP contribution in [0.2, 0.25) is 0 Å². The number of rotatable bonds is 5. The van der Waals surface area contributed by atoms with Gasteiger partial charge in [0.1, 0.15) is 5.75 Å². The highest BCUT2D eigenvalue weighted by molar-refractivity contribution is 7.18. The van der Waals surface area contributed by atoms with Gasteiger partial charge in [0.25, 0.3) is 0 Å². The zero-order chi connectivity index (χ0) is 19.3. The number of thiazole rings is 1. The summed E-state index contributed by atoms with van der Waals surface area (Å²) in [4.78, 5) is 19.5. The molecule has 144 valence electrons. The van der Waals surface area contributed by atoms with Crippen molar-refractivity contribution in [1.82, 2.24) is 9.88 Å². The van der Waals surface area contributed by atoms with Crippen LogP contribution in [0.1, 0.15) is 36.3 Å². The number of nitrogens with zero attached hydrogens (tertiary/aromatic N) is 2. The van der Waals surface area contributed by atoms with Gasteiger partial charge in [-0.3, -0.25) is 4.79 Å². The number of aromatic nitrogens is 1. The van der Waals surface area contributed by atoms with Crippen molar-refractivity contribution in [2.45, 2.75) is 25.7 Å². The van der Waals surface area contributed by atoms with E-state index in [-0.39, 0.29) is 5.91 Å². The van der Waals surface area contributed by atoms with Gasteiger partial charge in [-0.05, 0) is 44.0 Å². The summed E-state index contributed by atoms with van der Waals surface area (Å²) in [6.45, 7) is 4.10. The minimum atomic E-state index is 0.0529.